The lowest BCUT2D eigenvalue weighted by Gasteiger charge is -2.28. The van der Waals surface area contributed by atoms with Gasteiger partial charge in [0.05, 0.1) is 11.5 Å². The second-order valence-electron chi connectivity index (χ2n) is 8.41. The molecular formula is C23H32N6O5S. The highest BCUT2D eigenvalue weighted by Gasteiger charge is 2.35. The number of carbonyl (C=O) groups is 2. The van der Waals surface area contributed by atoms with Gasteiger partial charge in [-0.1, -0.05) is 30.3 Å². The molecule has 0 spiro atoms. The molecule has 0 radical (unpaired) electrons. The highest BCUT2D eigenvalue weighted by atomic mass is 32.2. The monoisotopic (exact) mass is 504 g/mol. The molecule has 0 aliphatic carbocycles. The van der Waals surface area contributed by atoms with Crippen LogP contribution in [0.4, 0.5) is 0 Å². The number of sulfonamides is 1. The van der Waals surface area contributed by atoms with Gasteiger partial charge in [0.1, 0.15) is 6.04 Å². The van der Waals surface area contributed by atoms with Gasteiger partial charge in [0.15, 0.2) is 5.96 Å². The Kier molecular flexibility index (Phi) is 9.01. The van der Waals surface area contributed by atoms with E-state index < -0.39 is 28.6 Å². The first-order valence-electron chi connectivity index (χ1n) is 11.5. The SMILES string of the molecule is NC(N)=NCCCC(=O)NC[C@@H]1CCCN1C(=O)[C@@H](CO)NS(=O)(=O)c1ccc2ccccc2c1. The summed E-state index contributed by atoms with van der Waals surface area (Å²) in [6, 6.07) is 10.4. The van der Waals surface area contributed by atoms with E-state index in [1.54, 1.807) is 12.1 Å². The predicted octanol–water partition coefficient (Wildman–Crippen LogP) is -0.360. The molecule has 7 N–H and O–H groups in total. The summed E-state index contributed by atoms with van der Waals surface area (Å²) in [5, 5.41) is 14.3. The number of nitrogens with two attached hydrogens (primary N) is 2. The number of aliphatic hydroxyl groups excluding tert-OH is 1. The lowest BCUT2D eigenvalue weighted by molar-refractivity contribution is -0.135. The van der Waals surface area contributed by atoms with Gasteiger partial charge in [-0.2, -0.15) is 4.72 Å². The van der Waals surface area contributed by atoms with Gasteiger partial charge in [0.25, 0.3) is 0 Å². The first-order chi connectivity index (χ1) is 16.7. The molecular weight excluding hydrogens is 472 g/mol. The summed E-state index contributed by atoms with van der Waals surface area (Å²) in [6.07, 6.45) is 2.10. The molecule has 2 atom stereocenters. The fraction of sp³-hybridized carbons (Fsp3) is 0.435. The van der Waals surface area contributed by atoms with E-state index in [1.807, 2.05) is 18.2 Å². The summed E-state index contributed by atoms with van der Waals surface area (Å²) < 4.78 is 28.2. The van der Waals surface area contributed by atoms with Crippen molar-refractivity contribution in [1.82, 2.24) is 14.9 Å². The van der Waals surface area contributed by atoms with E-state index in [0.29, 0.717) is 32.4 Å². The van der Waals surface area contributed by atoms with Crippen LogP contribution in [0.1, 0.15) is 25.7 Å². The molecule has 12 heteroatoms. The van der Waals surface area contributed by atoms with Crippen molar-refractivity contribution in [3.05, 3.63) is 42.5 Å². The number of fused-ring (bicyclic) bond motifs is 1. The van der Waals surface area contributed by atoms with E-state index in [9.17, 15) is 23.1 Å². The number of nitrogens with zero attached hydrogens (tertiary/aromatic N) is 2. The predicted molar refractivity (Wildman–Crippen MR) is 133 cm³/mol. The molecule has 11 nitrogen and oxygen atoms in total. The van der Waals surface area contributed by atoms with E-state index in [1.165, 1.54) is 17.0 Å². The summed E-state index contributed by atoms with van der Waals surface area (Å²) in [5.41, 5.74) is 10.5. The molecule has 1 heterocycles. The molecule has 0 unspecified atom stereocenters. The van der Waals surface area contributed by atoms with Crippen molar-refractivity contribution in [2.45, 2.75) is 42.7 Å². The van der Waals surface area contributed by atoms with Gasteiger partial charge in [-0.05, 0) is 42.2 Å². The Labute approximate surface area is 204 Å². The number of hydrogen-bond donors (Lipinski definition) is 5. The normalized spacial score (nSPS) is 16.7. The van der Waals surface area contributed by atoms with Crippen LogP contribution in [0.25, 0.3) is 10.8 Å². The molecule has 0 bridgehead atoms. The average molecular weight is 505 g/mol. The average Bonchev–Trinajstić information content (AvgIpc) is 3.31. The zero-order valence-electron chi connectivity index (χ0n) is 19.4. The minimum absolute atomic E-state index is 0.00779. The Hall–Kier alpha value is -3.22. The van der Waals surface area contributed by atoms with Gasteiger partial charge in [-0.15, -0.1) is 0 Å². The van der Waals surface area contributed by atoms with Crippen molar-refractivity contribution in [3.8, 4) is 0 Å². The Morgan fingerprint density at radius 3 is 2.63 bits per heavy atom. The van der Waals surface area contributed by atoms with E-state index in [2.05, 4.69) is 15.0 Å². The molecule has 0 aromatic heterocycles. The number of aliphatic hydroxyl groups is 1. The number of likely N-dealkylation sites (tertiary alicyclic amines) is 1. The molecule has 3 rings (SSSR count). The molecule has 1 aliphatic heterocycles. The van der Waals surface area contributed by atoms with Crippen molar-refractivity contribution in [1.29, 1.82) is 0 Å². The summed E-state index contributed by atoms with van der Waals surface area (Å²) in [5.74, 6) is -0.743. The van der Waals surface area contributed by atoms with Gasteiger partial charge < -0.3 is 26.8 Å². The molecule has 2 aromatic rings. The van der Waals surface area contributed by atoms with Crippen LogP contribution >= 0.6 is 0 Å². The third kappa shape index (κ3) is 7.13. The van der Waals surface area contributed by atoms with Gasteiger partial charge in [0, 0.05) is 32.1 Å². The summed E-state index contributed by atoms with van der Waals surface area (Å²) in [6.45, 7) is 0.311. The molecule has 2 aromatic carbocycles. The molecule has 190 valence electrons. The van der Waals surface area contributed by atoms with Crippen molar-refractivity contribution < 1.29 is 23.1 Å². The van der Waals surface area contributed by atoms with Crippen LogP contribution in [0.5, 0.6) is 0 Å². The van der Waals surface area contributed by atoms with Crippen LogP contribution < -0.4 is 21.5 Å². The summed E-state index contributed by atoms with van der Waals surface area (Å²) in [7, 11) is -4.06. The van der Waals surface area contributed by atoms with Gasteiger partial charge in [-0.3, -0.25) is 14.6 Å². The first kappa shape index (κ1) is 26.4. The van der Waals surface area contributed by atoms with Crippen molar-refractivity contribution in [2.24, 2.45) is 16.5 Å². The largest absolute Gasteiger partial charge is 0.394 e. The van der Waals surface area contributed by atoms with Crippen LogP contribution in [0, 0.1) is 0 Å². The van der Waals surface area contributed by atoms with Crippen molar-refractivity contribution >= 4 is 38.6 Å². The van der Waals surface area contributed by atoms with E-state index in [-0.39, 0.29) is 35.8 Å². The first-order valence-corrected chi connectivity index (χ1v) is 12.9. The molecule has 2 amide bonds. The van der Waals surface area contributed by atoms with Crippen LogP contribution in [-0.2, 0) is 19.6 Å². The maximum atomic E-state index is 13.1. The van der Waals surface area contributed by atoms with E-state index in [0.717, 1.165) is 10.8 Å². The number of guanidine groups is 1. The van der Waals surface area contributed by atoms with Gasteiger partial charge in [0.2, 0.25) is 21.8 Å². The fourth-order valence-corrected chi connectivity index (χ4v) is 5.28. The van der Waals surface area contributed by atoms with Crippen LogP contribution in [0.3, 0.4) is 0 Å². The number of rotatable bonds is 11. The zero-order valence-corrected chi connectivity index (χ0v) is 20.2. The lowest BCUT2D eigenvalue weighted by atomic mass is 10.1. The molecule has 0 saturated carbocycles. The molecule has 1 aliphatic rings. The minimum atomic E-state index is -4.06. The number of aliphatic imine (C=N–C) groups is 1. The second-order valence-corrected chi connectivity index (χ2v) is 10.1. The quantitative estimate of drug-likeness (QED) is 0.157. The summed E-state index contributed by atoms with van der Waals surface area (Å²) >= 11 is 0. The van der Waals surface area contributed by atoms with E-state index >= 15 is 0 Å². The van der Waals surface area contributed by atoms with Crippen molar-refractivity contribution in [3.63, 3.8) is 0 Å². The van der Waals surface area contributed by atoms with Crippen LogP contribution in [0.2, 0.25) is 0 Å². The second kappa shape index (κ2) is 12.0. The van der Waals surface area contributed by atoms with Crippen molar-refractivity contribution in [2.75, 3.05) is 26.2 Å². The summed E-state index contributed by atoms with van der Waals surface area (Å²) in [4.78, 5) is 30.6. The third-order valence-electron chi connectivity index (χ3n) is 5.86. The number of amides is 2. The van der Waals surface area contributed by atoms with Crippen LogP contribution in [-0.4, -0.2) is 74.5 Å². The smallest absolute Gasteiger partial charge is 0.243 e. The van der Waals surface area contributed by atoms with E-state index in [4.69, 9.17) is 11.5 Å². The number of nitrogens with one attached hydrogen (secondary N) is 2. The minimum Gasteiger partial charge on any atom is -0.394 e. The Balaban J connectivity index is 1.60. The lowest BCUT2D eigenvalue weighted by Crippen LogP contribution is -2.53. The maximum absolute atomic E-state index is 13.1. The number of carbonyl (C=O) groups excluding carboxylic acids is 2. The topological polar surface area (TPSA) is 180 Å². The highest BCUT2D eigenvalue weighted by molar-refractivity contribution is 7.89. The molecule has 1 fully saturated rings. The fourth-order valence-electron chi connectivity index (χ4n) is 4.06. The standard InChI is InChI=1S/C23H32N6O5S/c24-23(25)26-11-3-8-21(31)27-14-18-7-4-12-29(18)22(32)20(15-30)28-35(33,34)19-10-9-16-5-1-2-6-17(16)13-19/h1-2,5-6,9-10,13,18,20,28,30H,3-4,7-8,11-12,14-15H2,(H,27,31)(H4,24,25,26)/t18-,20+/m0/s1. The Bertz CT molecular complexity index is 1180. The number of benzene rings is 2. The maximum Gasteiger partial charge on any atom is 0.243 e. The third-order valence-corrected chi connectivity index (χ3v) is 7.33. The zero-order chi connectivity index (χ0) is 25.4. The Morgan fingerprint density at radius 2 is 1.91 bits per heavy atom. The Morgan fingerprint density at radius 1 is 1.17 bits per heavy atom. The molecule has 35 heavy (non-hydrogen) atoms. The highest BCUT2D eigenvalue weighted by Crippen LogP contribution is 2.21. The number of hydrogen-bond acceptors (Lipinski definition) is 6. The molecule has 1 saturated heterocycles. The van der Waals surface area contributed by atoms with Crippen LogP contribution in [0.15, 0.2) is 52.4 Å². The van der Waals surface area contributed by atoms with Gasteiger partial charge in [-0.25, -0.2) is 8.42 Å². The van der Waals surface area contributed by atoms with Gasteiger partial charge >= 0.3 is 0 Å².